The van der Waals surface area contributed by atoms with Crippen LogP contribution in [0.3, 0.4) is 0 Å². The Kier molecular flexibility index (Phi) is 6.47. The lowest BCUT2D eigenvalue weighted by molar-refractivity contribution is 1.47. The van der Waals surface area contributed by atoms with Gasteiger partial charge in [-0.15, -0.1) is 0 Å². The molecule has 0 aliphatic carbocycles. The Bertz CT molecular complexity index is 2580. The summed E-state index contributed by atoms with van der Waals surface area (Å²) in [6.07, 6.45) is 0. The maximum absolute atomic E-state index is 2.42. The first kappa shape index (κ1) is 27.3. The molecule has 9 aromatic carbocycles. The summed E-state index contributed by atoms with van der Waals surface area (Å²) in [6, 6.07) is 64.7. The molecule has 0 spiro atoms. The van der Waals surface area contributed by atoms with Gasteiger partial charge in [-0.3, -0.25) is 0 Å². The summed E-state index contributed by atoms with van der Waals surface area (Å²) >= 11 is 0. The fraction of sp³-hybridized carbons (Fsp3) is 0.0213. The molecule has 0 saturated heterocycles. The lowest BCUT2D eigenvalue weighted by atomic mass is 9.84. The molecule has 0 bridgehead atoms. The highest BCUT2D eigenvalue weighted by Gasteiger charge is 2.18. The molecule has 0 amide bonds. The molecule has 0 fully saturated rings. The molecule has 0 unspecified atom stereocenters. The van der Waals surface area contributed by atoms with Gasteiger partial charge in [0.1, 0.15) is 0 Å². The summed E-state index contributed by atoms with van der Waals surface area (Å²) in [5.74, 6) is 0. The fourth-order valence-corrected chi connectivity index (χ4v) is 7.54. The van der Waals surface area contributed by atoms with E-state index in [1.54, 1.807) is 0 Å². The van der Waals surface area contributed by atoms with Gasteiger partial charge in [0.15, 0.2) is 0 Å². The van der Waals surface area contributed by atoms with E-state index in [1.807, 2.05) is 0 Å². The zero-order chi connectivity index (χ0) is 31.3. The molecule has 9 rings (SSSR count). The highest BCUT2D eigenvalue weighted by atomic mass is 14.2. The largest absolute Gasteiger partial charge is 0.0616 e. The molecular formula is C47H32. The number of benzene rings is 9. The first-order valence-electron chi connectivity index (χ1n) is 16.4. The molecule has 0 heterocycles. The number of rotatable bonds is 4. The Hall–Kier alpha value is -5.98. The van der Waals surface area contributed by atoms with Crippen LogP contribution >= 0.6 is 0 Å². The van der Waals surface area contributed by atoms with Crippen molar-refractivity contribution >= 4 is 43.1 Å². The quantitative estimate of drug-likeness (QED) is 0.177. The van der Waals surface area contributed by atoms with Gasteiger partial charge in [-0.1, -0.05) is 169 Å². The van der Waals surface area contributed by atoms with Gasteiger partial charge in [0.25, 0.3) is 0 Å². The van der Waals surface area contributed by atoms with E-state index in [0.717, 1.165) is 0 Å². The zero-order valence-corrected chi connectivity index (χ0v) is 26.2. The maximum Gasteiger partial charge on any atom is -0.00261 e. The summed E-state index contributed by atoms with van der Waals surface area (Å²) in [5, 5.41) is 10.1. The Balaban J connectivity index is 1.30. The molecule has 220 valence electrons. The predicted octanol–water partition coefficient (Wildman–Crippen LogP) is 13.3. The Morgan fingerprint density at radius 1 is 0.277 bits per heavy atom. The molecule has 0 N–H and O–H groups in total. The average molecular weight is 597 g/mol. The van der Waals surface area contributed by atoms with Crippen LogP contribution in [0.5, 0.6) is 0 Å². The maximum atomic E-state index is 2.42. The molecule has 9 aromatic rings. The first-order valence-corrected chi connectivity index (χ1v) is 16.4. The van der Waals surface area contributed by atoms with Gasteiger partial charge in [-0.2, -0.15) is 0 Å². The highest BCUT2D eigenvalue weighted by molar-refractivity contribution is 6.22. The van der Waals surface area contributed by atoms with Crippen LogP contribution in [0, 0.1) is 6.92 Å². The summed E-state index contributed by atoms with van der Waals surface area (Å²) in [5.41, 5.74) is 11.3. The normalized spacial score (nSPS) is 11.5. The third kappa shape index (κ3) is 4.61. The van der Waals surface area contributed by atoms with Crippen LogP contribution in [0.1, 0.15) is 5.56 Å². The lowest BCUT2D eigenvalue weighted by Crippen LogP contribution is -1.92. The van der Waals surface area contributed by atoms with Gasteiger partial charge >= 0.3 is 0 Å². The minimum atomic E-state index is 1.23. The molecule has 0 nitrogen and oxygen atoms in total. The van der Waals surface area contributed by atoms with Gasteiger partial charge < -0.3 is 0 Å². The van der Waals surface area contributed by atoms with Crippen LogP contribution in [0.15, 0.2) is 176 Å². The topological polar surface area (TPSA) is 0 Å². The van der Waals surface area contributed by atoms with E-state index in [9.17, 15) is 0 Å². The summed E-state index contributed by atoms with van der Waals surface area (Å²) in [4.78, 5) is 0. The van der Waals surface area contributed by atoms with Gasteiger partial charge in [0.2, 0.25) is 0 Å². The van der Waals surface area contributed by atoms with E-state index in [2.05, 4.69) is 183 Å². The second-order valence-electron chi connectivity index (χ2n) is 12.6. The summed E-state index contributed by atoms with van der Waals surface area (Å²) < 4.78 is 0. The average Bonchev–Trinajstić information content (AvgIpc) is 3.13. The first-order chi connectivity index (χ1) is 23.2. The van der Waals surface area contributed by atoms with Gasteiger partial charge in [0, 0.05) is 0 Å². The molecule has 0 aliphatic heterocycles. The monoisotopic (exact) mass is 596 g/mol. The summed E-state index contributed by atoms with van der Waals surface area (Å²) in [6.45, 7) is 2.17. The van der Waals surface area contributed by atoms with E-state index < -0.39 is 0 Å². The Morgan fingerprint density at radius 2 is 0.787 bits per heavy atom. The number of aryl methyl sites for hydroxylation is 1. The minimum absolute atomic E-state index is 1.23. The zero-order valence-electron chi connectivity index (χ0n) is 26.2. The molecule has 0 heteroatoms. The van der Waals surface area contributed by atoms with Crippen molar-refractivity contribution in [3.63, 3.8) is 0 Å². The molecular weight excluding hydrogens is 565 g/mol. The third-order valence-corrected chi connectivity index (χ3v) is 9.69. The summed E-state index contributed by atoms with van der Waals surface area (Å²) in [7, 11) is 0. The third-order valence-electron chi connectivity index (χ3n) is 9.69. The number of fused-ring (bicyclic) bond motifs is 4. The van der Waals surface area contributed by atoms with Crippen molar-refractivity contribution in [2.75, 3.05) is 0 Å². The number of hydrogen-bond donors (Lipinski definition) is 0. The lowest BCUT2D eigenvalue weighted by Gasteiger charge is -2.19. The Labute approximate surface area is 275 Å². The van der Waals surface area contributed by atoms with Crippen LogP contribution in [0.2, 0.25) is 0 Å². The fourth-order valence-electron chi connectivity index (χ4n) is 7.54. The van der Waals surface area contributed by atoms with Crippen LogP contribution in [0.25, 0.3) is 87.6 Å². The Morgan fingerprint density at radius 3 is 1.49 bits per heavy atom. The molecule has 0 aromatic heterocycles. The van der Waals surface area contributed by atoms with Crippen LogP contribution in [-0.4, -0.2) is 0 Å². The van der Waals surface area contributed by atoms with E-state index in [1.165, 1.54) is 93.2 Å². The second-order valence-corrected chi connectivity index (χ2v) is 12.6. The van der Waals surface area contributed by atoms with Crippen molar-refractivity contribution in [3.05, 3.63) is 181 Å². The van der Waals surface area contributed by atoms with Crippen LogP contribution < -0.4 is 0 Å². The van der Waals surface area contributed by atoms with Crippen molar-refractivity contribution in [1.82, 2.24) is 0 Å². The van der Waals surface area contributed by atoms with E-state index >= 15 is 0 Å². The van der Waals surface area contributed by atoms with Crippen LogP contribution in [0.4, 0.5) is 0 Å². The van der Waals surface area contributed by atoms with Crippen molar-refractivity contribution in [2.24, 2.45) is 0 Å². The van der Waals surface area contributed by atoms with E-state index in [0.29, 0.717) is 0 Å². The highest BCUT2D eigenvalue weighted by Crippen LogP contribution is 2.45. The van der Waals surface area contributed by atoms with Gasteiger partial charge in [-0.05, 0) is 107 Å². The van der Waals surface area contributed by atoms with Crippen molar-refractivity contribution < 1.29 is 0 Å². The predicted molar refractivity (Wildman–Crippen MR) is 203 cm³/mol. The van der Waals surface area contributed by atoms with Crippen LogP contribution in [-0.2, 0) is 0 Å². The number of hydrogen-bond acceptors (Lipinski definition) is 0. The second kappa shape index (κ2) is 11.1. The standard InChI is InChI=1S/C47H32/c1-31-12-10-16-36(28-31)46-41-19-6-8-21-43(41)47(44-22-9-7-20-42(44)46)37-27-25-33-15-11-23-40(45(33)30-37)39-18-5-4-17-38(39)35-26-24-32-13-2-3-14-34(32)29-35/h2-30H,1H3. The smallest absolute Gasteiger partial charge is 0.00261 e. The molecule has 0 atom stereocenters. The minimum Gasteiger partial charge on any atom is -0.0616 e. The van der Waals surface area contributed by atoms with Crippen molar-refractivity contribution in [2.45, 2.75) is 6.92 Å². The SMILES string of the molecule is Cc1cccc(-c2c3ccccc3c(-c3ccc4cccc(-c5ccccc5-c5ccc6ccccc6c5)c4c3)c3ccccc23)c1. The van der Waals surface area contributed by atoms with E-state index in [4.69, 9.17) is 0 Å². The molecule has 0 saturated carbocycles. The van der Waals surface area contributed by atoms with Gasteiger partial charge in [-0.25, -0.2) is 0 Å². The molecule has 47 heavy (non-hydrogen) atoms. The molecule has 0 aliphatic rings. The van der Waals surface area contributed by atoms with E-state index in [-0.39, 0.29) is 0 Å². The molecule has 0 radical (unpaired) electrons. The van der Waals surface area contributed by atoms with Crippen molar-refractivity contribution in [1.29, 1.82) is 0 Å². The van der Waals surface area contributed by atoms with Gasteiger partial charge in [0.05, 0.1) is 0 Å². The van der Waals surface area contributed by atoms with Crippen molar-refractivity contribution in [3.8, 4) is 44.5 Å².